The van der Waals surface area contributed by atoms with Crippen LogP contribution >= 0.6 is 12.4 Å². The molecule has 1 rings (SSSR count). The van der Waals surface area contributed by atoms with Crippen LogP contribution in [0.3, 0.4) is 0 Å². The van der Waals surface area contributed by atoms with Crippen molar-refractivity contribution in [2.75, 3.05) is 20.8 Å². The Kier molecular flexibility index (Phi) is 8.19. The first-order valence-corrected chi connectivity index (χ1v) is 6.91. The highest BCUT2D eigenvalue weighted by molar-refractivity contribution is 5.95. The van der Waals surface area contributed by atoms with Gasteiger partial charge in [-0.25, -0.2) is 4.39 Å². The van der Waals surface area contributed by atoms with Crippen molar-refractivity contribution < 1.29 is 18.7 Å². The minimum Gasteiger partial charge on any atom is -0.493 e. The van der Waals surface area contributed by atoms with Crippen LogP contribution in [0.5, 0.6) is 11.5 Å². The number of carbonyl (C=O) groups excluding carboxylic acids is 1. The molecule has 0 aliphatic carbocycles. The maximum Gasteiger partial charge on any atom is 0.254 e. The smallest absolute Gasteiger partial charge is 0.254 e. The number of ether oxygens (including phenoxy) is 2. The van der Waals surface area contributed by atoms with E-state index in [4.69, 9.17) is 15.2 Å². The van der Waals surface area contributed by atoms with Gasteiger partial charge in [-0.05, 0) is 18.9 Å². The fraction of sp³-hybridized carbons (Fsp3) is 0.533. The second-order valence-corrected chi connectivity index (χ2v) is 4.83. The SMILES string of the molecule is CCC(CC)(CN)NC(=O)c1cc(OC)c(OC)cc1F.Cl. The average Bonchev–Trinajstić information content (AvgIpc) is 2.52. The van der Waals surface area contributed by atoms with E-state index in [0.29, 0.717) is 25.1 Å². The van der Waals surface area contributed by atoms with Crippen LogP contribution in [0.1, 0.15) is 37.0 Å². The predicted octanol–water partition coefficient (Wildman–Crippen LogP) is 2.51. The summed E-state index contributed by atoms with van der Waals surface area (Å²) in [7, 11) is 2.84. The van der Waals surface area contributed by atoms with E-state index in [9.17, 15) is 9.18 Å². The summed E-state index contributed by atoms with van der Waals surface area (Å²) in [5.41, 5.74) is 5.12. The van der Waals surface area contributed by atoms with Crippen molar-refractivity contribution in [3.8, 4) is 11.5 Å². The molecule has 7 heteroatoms. The van der Waals surface area contributed by atoms with E-state index in [2.05, 4.69) is 5.32 Å². The summed E-state index contributed by atoms with van der Waals surface area (Å²) in [5.74, 6) is -0.635. The first kappa shape index (κ1) is 20.5. The molecule has 0 aliphatic rings. The van der Waals surface area contributed by atoms with Crippen LogP contribution in [-0.2, 0) is 0 Å². The van der Waals surface area contributed by atoms with Gasteiger partial charge in [0, 0.05) is 12.6 Å². The second kappa shape index (κ2) is 8.80. The third-order valence-electron chi connectivity index (χ3n) is 3.84. The zero-order valence-corrected chi connectivity index (χ0v) is 14.2. The lowest BCUT2D eigenvalue weighted by molar-refractivity contribution is 0.0890. The van der Waals surface area contributed by atoms with Gasteiger partial charge < -0.3 is 20.5 Å². The van der Waals surface area contributed by atoms with Gasteiger partial charge in [0.15, 0.2) is 11.5 Å². The fourth-order valence-corrected chi connectivity index (χ4v) is 2.10. The Morgan fingerprint density at radius 1 is 1.23 bits per heavy atom. The molecule has 0 atom stereocenters. The van der Waals surface area contributed by atoms with Crippen molar-refractivity contribution in [2.45, 2.75) is 32.2 Å². The fourth-order valence-electron chi connectivity index (χ4n) is 2.10. The third-order valence-corrected chi connectivity index (χ3v) is 3.84. The Hall–Kier alpha value is -1.53. The van der Waals surface area contributed by atoms with E-state index in [1.54, 1.807) is 0 Å². The largest absolute Gasteiger partial charge is 0.493 e. The van der Waals surface area contributed by atoms with E-state index in [1.165, 1.54) is 20.3 Å². The van der Waals surface area contributed by atoms with Gasteiger partial charge in [-0.3, -0.25) is 4.79 Å². The van der Waals surface area contributed by atoms with Crippen LogP contribution in [0.15, 0.2) is 12.1 Å². The number of hydrogen-bond donors (Lipinski definition) is 2. The normalized spacial score (nSPS) is 10.6. The minimum atomic E-state index is -0.664. The Morgan fingerprint density at radius 2 is 1.73 bits per heavy atom. The van der Waals surface area contributed by atoms with Crippen molar-refractivity contribution in [1.29, 1.82) is 0 Å². The quantitative estimate of drug-likeness (QED) is 0.803. The molecule has 0 heterocycles. The molecule has 1 amide bonds. The second-order valence-electron chi connectivity index (χ2n) is 4.83. The number of benzene rings is 1. The van der Waals surface area contributed by atoms with Crippen molar-refractivity contribution in [1.82, 2.24) is 5.32 Å². The van der Waals surface area contributed by atoms with Crippen molar-refractivity contribution >= 4 is 18.3 Å². The molecule has 0 fully saturated rings. The number of rotatable bonds is 7. The van der Waals surface area contributed by atoms with Gasteiger partial charge in [0.2, 0.25) is 0 Å². The molecule has 0 spiro atoms. The molecule has 126 valence electrons. The van der Waals surface area contributed by atoms with Gasteiger partial charge in [0.25, 0.3) is 5.91 Å². The molecular weight excluding hydrogens is 311 g/mol. The van der Waals surface area contributed by atoms with Crippen LogP contribution in [0.2, 0.25) is 0 Å². The van der Waals surface area contributed by atoms with E-state index in [1.807, 2.05) is 13.8 Å². The molecule has 5 nitrogen and oxygen atoms in total. The molecule has 0 unspecified atom stereocenters. The average molecular weight is 335 g/mol. The van der Waals surface area contributed by atoms with Crippen molar-refractivity contribution in [2.24, 2.45) is 5.73 Å². The van der Waals surface area contributed by atoms with Crippen LogP contribution in [0.4, 0.5) is 4.39 Å². The Labute approximate surface area is 136 Å². The number of carbonyl (C=O) groups is 1. The highest BCUT2D eigenvalue weighted by atomic mass is 35.5. The lowest BCUT2D eigenvalue weighted by atomic mass is 9.92. The van der Waals surface area contributed by atoms with Crippen molar-refractivity contribution in [3.05, 3.63) is 23.5 Å². The van der Waals surface area contributed by atoms with Crippen molar-refractivity contribution in [3.63, 3.8) is 0 Å². The van der Waals surface area contributed by atoms with Gasteiger partial charge in [-0.15, -0.1) is 12.4 Å². The summed E-state index contributed by atoms with van der Waals surface area (Å²) >= 11 is 0. The maximum atomic E-state index is 14.1. The van der Waals surface area contributed by atoms with Gasteiger partial charge in [-0.2, -0.15) is 0 Å². The summed E-state index contributed by atoms with van der Waals surface area (Å²) in [4.78, 5) is 12.3. The number of hydrogen-bond acceptors (Lipinski definition) is 4. The van der Waals surface area contributed by atoms with E-state index in [0.717, 1.165) is 6.07 Å². The molecule has 3 N–H and O–H groups in total. The highest BCUT2D eigenvalue weighted by Crippen LogP contribution is 2.30. The topological polar surface area (TPSA) is 73.6 Å². The van der Waals surface area contributed by atoms with Crippen LogP contribution in [0, 0.1) is 5.82 Å². The summed E-state index contributed by atoms with van der Waals surface area (Å²) in [6, 6.07) is 2.46. The zero-order chi connectivity index (χ0) is 16.0. The molecule has 0 aromatic heterocycles. The third kappa shape index (κ3) is 4.24. The summed E-state index contributed by atoms with van der Waals surface area (Å²) in [5, 5.41) is 2.83. The number of nitrogens with two attached hydrogens (primary N) is 1. The standard InChI is InChI=1S/C15H23FN2O3.ClH/c1-5-15(6-2,9-17)18-14(19)10-7-12(20-3)13(21-4)8-11(10)16;/h7-8H,5-6,9,17H2,1-4H3,(H,18,19);1H. The van der Waals surface area contributed by atoms with Crippen LogP contribution in [-0.4, -0.2) is 32.2 Å². The highest BCUT2D eigenvalue weighted by Gasteiger charge is 2.28. The summed E-state index contributed by atoms with van der Waals surface area (Å²) in [6.45, 7) is 4.16. The molecule has 0 bridgehead atoms. The molecule has 0 saturated heterocycles. The number of amides is 1. The predicted molar refractivity (Wildman–Crippen MR) is 86.6 cm³/mol. The molecule has 0 radical (unpaired) electrons. The van der Waals surface area contributed by atoms with E-state index in [-0.39, 0.29) is 23.7 Å². The van der Waals surface area contributed by atoms with Crippen LogP contribution in [0.25, 0.3) is 0 Å². The lowest BCUT2D eigenvalue weighted by Crippen LogP contribution is -2.53. The lowest BCUT2D eigenvalue weighted by Gasteiger charge is -2.31. The van der Waals surface area contributed by atoms with Gasteiger partial charge in [0.1, 0.15) is 5.82 Å². The molecule has 0 aliphatic heterocycles. The molecular formula is C15H24ClFN2O3. The first-order chi connectivity index (χ1) is 9.96. The van der Waals surface area contributed by atoms with Crippen LogP contribution < -0.4 is 20.5 Å². The van der Waals surface area contributed by atoms with Gasteiger partial charge >= 0.3 is 0 Å². The summed E-state index contributed by atoms with van der Waals surface area (Å²) in [6.07, 6.45) is 1.33. The molecule has 0 saturated carbocycles. The summed E-state index contributed by atoms with van der Waals surface area (Å²) < 4.78 is 24.2. The first-order valence-electron chi connectivity index (χ1n) is 6.91. The molecule has 22 heavy (non-hydrogen) atoms. The van der Waals surface area contributed by atoms with Gasteiger partial charge in [0.05, 0.1) is 25.3 Å². The molecule has 1 aromatic carbocycles. The zero-order valence-electron chi connectivity index (χ0n) is 13.4. The van der Waals surface area contributed by atoms with E-state index >= 15 is 0 Å². The number of methoxy groups -OCH3 is 2. The Morgan fingerprint density at radius 3 is 2.14 bits per heavy atom. The van der Waals surface area contributed by atoms with Gasteiger partial charge in [-0.1, -0.05) is 13.8 Å². The number of halogens is 2. The Bertz CT molecular complexity index is 500. The van der Waals surface area contributed by atoms with E-state index < -0.39 is 17.3 Å². The Balaban J connectivity index is 0.00000441. The maximum absolute atomic E-state index is 14.1. The molecule has 1 aromatic rings. The minimum absolute atomic E-state index is 0. The monoisotopic (exact) mass is 334 g/mol. The number of nitrogens with one attached hydrogen (secondary N) is 1.